The summed E-state index contributed by atoms with van der Waals surface area (Å²) in [6, 6.07) is 9.75. The summed E-state index contributed by atoms with van der Waals surface area (Å²) in [6.07, 6.45) is 14.3. The predicted molar refractivity (Wildman–Crippen MR) is 109 cm³/mol. The molecule has 2 fully saturated rings. The Hall–Kier alpha value is -2.32. The van der Waals surface area contributed by atoms with E-state index >= 15 is 0 Å². The molecule has 1 aliphatic carbocycles. The molecule has 0 radical (unpaired) electrons. The average Bonchev–Trinajstić information content (AvgIpc) is 3.20. The largest absolute Gasteiger partial charge is 0.375 e. The minimum atomic E-state index is -0.686. The number of aryl methyl sites for hydroxylation is 1. The molecule has 3 heterocycles. The van der Waals surface area contributed by atoms with Crippen LogP contribution in [-0.4, -0.2) is 22.2 Å². The van der Waals surface area contributed by atoms with Crippen molar-refractivity contribution in [3.05, 3.63) is 59.4 Å². The van der Waals surface area contributed by atoms with Crippen LogP contribution in [0.2, 0.25) is 0 Å². The topological polar surface area (TPSA) is 58.8 Å². The Morgan fingerprint density at radius 2 is 2.00 bits per heavy atom. The molecule has 1 unspecified atom stereocenters. The number of hydrogen-bond donors (Lipinski definition) is 0. The molecular weight excluding hydrogens is 365 g/mol. The number of nitrogens with zero attached hydrogens (tertiary/aromatic N) is 3. The van der Waals surface area contributed by atoms with Gasteiger partial charge in [-0.15, -0.1) is 0 Å². The molecule has 152 valence electrons. The summed E-state index contributed by atoms with van der Waals surface area (Å²) in [6.45, 7) is 0.810. The highest BCUT2D eigenvalue weighted by atomic mass is 19.1. The molecule has 1 saturated carbocycles. The van der Waals surface area contributed by atoms with Gasteiger partial charge in [0, 0.05) is 30.1 Å². The number of nitriles is 1. The number of halogens is 1. The van der Waals surface area contributed by atoms with Gasteiger partial charge in [0.05, 0.1) is 5.60 Å². The van der Waals surface area contributed by atoms with Crippen LogP contribution in [0.1, 0.15) is 74.6 Å². The van der Waals surface area contributed by atoms with Crippen molar-refractivity contribution in [1.29, 1.82) is 5.26 Å². The van der Waals surface area contributed by atoms with Gasteiger partial charge in [-0.2, -0.15) is 9.65 Å². The van der Waals surface area contributed by atoms with Crippen LogP contribution < -0.4 is 0 Å². The maximum Gasteiger partial charge on any atom is 0.230 e. The van der Waals surface area contributed by atoms with Gasteiger partial charge in [-0.1, -0.05) is 25.3 Å². The van der Waals surface area contributed by atoms with Gasteiger partial charge >= 0.3 is 0 Å². The fraction of sp³-hybridized carbons (Fsp3) is 0.542. The molecule has 0 N–H and O–H groups in total. The van der Waals surface area contributed by atoms with Crippen molar-refractivity contribution in [2.45, 2.75) is 75.2 Å². The summed E-state index contributed by atoms with van der Waals surface area (Å²) >= 11 is 0. The Morgan fingerprint density at radius 3 is 2.76 bits per heavy atom. The molecule has 1 atom stereocenters. The van der Waals surface area contributed by atoms with Crippen molar-refractivity contribution in [2.24, 2.45) is 0 Å². The highest BCUT2D eigenvalue weighted by Gasteiger charge is 2.48. The molecule has 2 aromatic rings. The number of ether oxygens (including phenoxy) is 1. The molecule has 4 rings (SSSR count). The van der Waals surface area contributed by atoms with Gasteiger partial charge in [0.1, 0.15) is 11.6 Å². The number of rotatable bonds is 6. The van der Waals surface area contributed by atoms with Gasteiger partial charge in [0.15, 0.2) is 0 Å². The summed E-state index contributed by atoms with van der Waals surface area (Å²) in [5, 5.41) is 9.00. The van der Waals surface area contributed by atoms with E-state index in [-0.39, 0.29) is 16.6 Å². The van der Waals surface area contributed by atoms with E-state index in [4.69, 9.17) is 15.0 Å². The zero-order chi connectivity index (χ0) is 20.2. The van der Waals surface area contributed by atoms with E-state index < -0.39 is 5.95 Å². The lowest BCUT2D eigenvalue weighted by Gasteiger charge is -2.46. The molecule has 1 spiro atoms. The highest BCUT2D eigenvalue weighted by Crippen LogP contribution is 2.50. The lowest BCUT2D eigenvalue weighted by Crippen LogP contribution is -2.46. The Kier molecular flexibility index (Phi) is 5.91. The van der Waals surface area contributed by atoms with Gasteiger partial charge in [-0.05, 0) is 68.7 Å². The van der Waals surface area contributed by atoms with Crippen LogP contribution in [0, 0.1) is 17.3 Å². The fourth-order valence-corrected chi connectivity index (χ4v) is 5.30. The zero-order valence-corrected chi connectivity index (χ0v) is 16.9. The third-order valence-corrected chi connectivity index (χ3v) is 6.76. The maximum absolute atomic E-state index is 13.4. The van der Waals surface area contributed by atoms with Crippen LogP contribution in [0.25, 0.3) is 0 Å². The van der Waals surface area contributed by atoms with Crippen LogP contribution in [-0.2, 0) is 16.6 Å². The number of aromatic nitrogens is 2. The maximum atomic E-state index is 13.4. The predicted octanol–water partition coefficient (Wildman–Crippen LogP) is 5.26. The molecule has 0 aromatic carbocycles. The van der Waals surface area contributed by atoms with E-state index in [9.17, 15) is 4.39 Å². The minimum Gasteiger partial charge on any atom is -0.375 e. The normalized spacial score (nSPS) is 23.2. The first-order valence-corrected chi connectivity index (χ1v) is 10.7. The standard InChI is InChI=1S/C24H28FN3O/c25-22-20(16-26)15-19(17-28-22)7-1-3-9-23(21-8-2-6-13-27-21)12-14-29-24(18-23)10-4-5-11-24/h2,6,8,13,15,17H,1,3-5,7,9-12,14,18H2. The number of pyridine rings is 2. The summed E-state index contributed by atoms with van der Waals surface area (Å²) < 4.78 is 19.7. The summed E-state index contributed by atoms with van der Waals surface area (Å²) in [5.41, 5.74) is 2.26. The van der Waals surface area contributed by atoms with E-state index in [1.54, 1.807) is 12.3 Å². The SMILES string of the molecule is N#Cc1cc(CCCCC2(c3ccccn3)CCOC3(CCCC3)C2)cnc1F. The van der Waals surface area contributed by atoms with Crippen LogP contribution in [0.4, 0.5) is 4.39 Å². The van der Waals surface area contributed by atoms with Crippen molar-refractivity contribution in [2.75, 3.05) is 6.61 Å². The van der Waals surface area contributed by atoms with Crippen LogP contribution in [0.15, 0.2) is 36.7 Å². The summed E-state index contributed by atoms with van der Waals surface area (Å²) in [7, 11) is 0. The smallest absolute Gasteiger partial charge is 0.230 e. The summed E-state index contributed by atoms with van der Waals surface area (Å²) in [5.74, 6) is -0.686. The monoisotopic (exact) mass is 393 g/mol. The van der Waals surface area contributed by atoms with Crippen LogP contribution in [0.5, 0.6) is 0 Å². The van der Waals surface area contributed by atoms with Crippen molar-refractivity contribution in [3.63, 3.8) is 0 Å². The lowest BCUT2D eigenvalue weighted by molar-refractivity contribution is -0.104. The van der Waals surface area contributed by atoms with E-state index in [0.29, 0.717) is 0 Å². The molecule has 5 heteroatoms. The average molecular weight is 394 g/mol. The number of unbranched alkanes of at least 4 members (excludes halogenated alkanes) is 1. The Balaban J connectivity index is 1.45. The molecule has 1 saturated heterocycles. The van der Waals surface area contributed by atoms with E-state index in [0.717, 1.165) is 50.7 Å². The molecule has 0 amide bonds. The number of hydrogen-bond acceptors (Lipinski definition) is 4. The Labute approximate surface area is 172 Å². The van der Waals surface area contributed by atoms with Crippen LogP contribution in [0.3, 0.4) is 0 Å². The quantitative estimate of drug-likeness (QED) is 0.496. The third-order valence-electron chi connectivity index (χ3n) is 6.76. The lowest BCUT2D eigenvalue weighted by atomic mass is 9.67. The van der Waals surface area contributed by atoms with Gasteiger partial charge in [0.2, 0.25) is 5.95 Å². The molecule has 2 aromatic heterocycles. The van der Waals surface area contributed by atoms with E-state index in [1.807, 2.05) is 18.3 Å². The molecule has 0 bridgehead atoms. The first-order valence-electron chi connectivity index (χ1n) is 10.7. The van der Waals surface area contributed by atoms with Crippen LogP contribution >= 0.6 is 0 Å². The highest BCUT2D eigenvalue weighted by molar-refractivity contribution is 5.30. The van der Waals surface area contributed by atoms with E-state index in [2.05, 4.69) is 17.1 Å². The first-order chi connectivity index (χ1) is 14.1. The molecular formula is C24H28FN3O. The van der Waals surface area contributed by atoms with E-state index in [1.165, 1.54) is 31.4 Å². The van der Waals surface area contributed by atoms with Crippen molar-refractivity contribution in [1.82, 2.24) is 9.97 Å². The first kappa shape index (κ1) is 20.0. The zero-order valence-electron chi connectivity index (χ0n) is 16.9. The minimum absolute atomic E-state index is 0.0278. The molecule has 29 heavy (non-hydrogen) atoms. The van der Waals surface area contributed by atoms with Crippen molar-refractivity contribution in [3.8, 4) is 6.07 Å². The second-order valence-electron chi connectivity index (χ2n) is 8.66. The molecule has 1 aliphatic heterocycles. The summed E-state index contributed by atoms with van der Waals surface area (Å²) in [4.78, 5) is 8.47. The van der Waals surface area contributed by atoms with Gasteiger partial charge < -0.3 is 4.74 Å². The van der Waals surface area contributed by atoms with Crippen molar-refractivity contribution < 1.29 is 9.13 Å². The Morgan fingerprint density at radius 1 is 1.14 bits per heavy atom. The molecule has 2 aliphatic rings. The van der Waals surface area contributed by atoms with Crippen molar-refractivity contribution >= 4 is 0 Å². The second kappa shape index (κ2) is 8.59. The van der Waals surface area contributed by atoms with Gasteiger partial charge in [-0.25, -0.2) is 4.98 Å². The molecule has 4 nitrogen and oxygen atoms in total. The third kappa shape index (κ3) is 4.33. The second-order valence-corrected chi connectivity index (χ2v) is 8.66. The fourth-order valence-electron chi connectivity index (χ4n) is 5.30. The Bertz CT molecular complexity index is 873. The van der Waals surface area contributed by atoms with Gasteiger partial charge in [0.25, 0.3) is 0 Å². The van der Waals surface area contributed by atoms with Gasteiger partial charge in [-0.3, -0.25) is 4.98 Å².